The van der Waals surface area contributed by atoms with Crippen LogP contribution in [0, 0.1) is 0 Å². The molecule has 1 aromatic rings. The van der Waals surface area contributed by atoms with E-state index in [1.807, 2.05) is 18.2 Å². The smallest absolute Gasteiger partial charge is 0.120 e. The Hall–Kier alpha value is -0.540. The molecule has 0 amide bonds. The topological polar surface area (TPSA) is 35.2 Å². The van der Waals surface area contributed by atoms with Gasteiger partial charge >= 0.3 is 0 Å². The first-order valence-electron chi connectivity index (χ1n) is 4.45. The average Bonchev–Trinajstić information content (AvgIpc) is 2.89. The lowest BCUT2D eigenvalue weighted by atomic mass is 10.2. The minimum absolute atomic E-state index is 0.454. The van der Waals surface area contributed by atoms with Crippen LogP contribution in [0.25, 0.3) is 0 Å². The monoisotopic (exact) mass is 241 g/mol. The van der Waals surface area contributed by atoms with Crippen LogP contribution in [0.5, 0.6) is 5.75 Å². The minimum atomic E-state index is 0.454. The molecule has 1 saturated carbocycles. The van der Waals surface area contributed by atoms with Crippen molar-refractivity contribution in [3.63, 3.8) is 0 Å². The number of nitrogens with two attached hydrogens (primary N) is 1. The first-order valence-corrected chi connectivity index (χ1v) is 5.24. The van der Waals surface area contributed by atoms with E-state index in [1.165, 1.54) is 12.8 Å². The summed E-state index contributed by atoms with van der Waals surface area (Å²) in [7, 11) is 0. The van der Waals surface area contributed by atoms with Crippen molar-refractivity contribution < 1.29 is 4.74 Å². The van der Waals surface area contributed by atoms with E-state index in [9.17, 15) is 0 Å². The molecule has 0 bridgehead atoms. The summed E-state index contributed by atoms with van der Waals surface area (Å²) < 4.78 is 6.67. The van der Waals surface area contributed by atoms with Crippen molar-refractivity contribution in [2.75, 3.05) is 0 Å². The highest BCUT2D eigenvalue weighted by Crippen LogP contribution is 2.29. The zero-order valence-electron chi connectivity index (χ0n) is 7.29. The molecule has 0 unspecified atom stereocenters. The van der Waals surface area contributed by atoms with E-state index in [-0.39, 0.29) is 0 Å². The standard InChI is InChI=1S/C10H12BrNO/c11-10-5-9(13-8-3-4-8)2-1-7(10)6-12/h1-2,5,8H,3-4,6,12H2. The first-order chi connectivity index (χ1) is 6.29. The van der Waals surface area contributed by atoms with Crippen LogP contribution in [-0.2, 0) is 6.54 Å². The van der Waals surface area contributed by atoms with Crippen LogP contribution in [0.15, 0.2) is 22.7 Å². The van der Waals surface area contributed by atoms with Crippen LogP contribution in [0.1, 0.15) is 18.4 Å². The second-order valence-electron chi connectivity index (χ2n) is 3.27. The molecule has 2 rings (SSSR count). The summed E-state index contributed by atoms with van der Waals surface area (Å²) in [6.07, 6.45) is 2.84. The Morgan fingerprint density at radius 3 is 2.77 bits per heavy atom. The SMILES string of the molecule is NCc1ccc(OC2CC2)cc1Br. The molecule has 0 atom stereocenters. The second-order valence-corrected chi connectivity index (χ2v) is 4.13. The molecule has 0 saturated heterocycles. The lowest BCUT2D eigenvalue weighted by Gasteiger charge is -2.06. The van der Waals surface area contributed by atoms with E-state index < -0.39 is 0 Å². The van der Waals surface area contributed by atoms with Crippen molar-refractivity contribution in [3.8, 4) is 5.75 Å². The van der Waals surface area contributed by atoms with Crippen molar-refractivity contribution in [1.82, 2.24) is 0 Å². The van der Waals surface area contributed by atoms with Gasteiger partial charge in [-0.1, -0.05) is 22.0 Å². The highest BCUT2D eigenvalue weighted by atomic mass is 79.9. The molecule has 0 aromatic heterocycles. The van der Waals surface area contributed by atoms with E-state index in [0.29, 0.717) is 12.6 Å². The Kier molecular flexibility index (Phi) is 2.56. The summed E-state index contributed by atoms with van der Waals surface area (Å²) in [5, 5.41) is 0. The third-order valence-corrected chi connectivity index (χ3v) is 2.81. The van der Waals surface area contributed by atoms with Gasteiger partial charge < -0.3 is 10.5 Å². The molecule has 1 fully saturated rings. The zero-order valence-corrected chi connectivity index (χ0v) is 8.88. The fourth-order valence-electron chi connectivity index (χ4n) is 1.15. The van der Waals surface area contributed by atoms with Crippen molar-refractivity contribution in [3.05, 3.63) is 28.2 Å². The van der Waals surface area contributed by atoms with Gasteiger partial charge in [0.05, 0.1) is 6.10 Å². The Balaban J connectivity index is 2.13. The molecule has 2 N–H and O–H groups in total. The van der Waals surface area contributed by atoms with Crippen LogP contribution in [-0.4, -0.2) is 6.10 Å². The van der Waals surface area contributed by atoms with Crippen LogP contribution < -0.4 is 10.5 Å². The van der Waals surface area contributed by atoms with Gasteiger partial charge in [0.1, 0.15) is 5.75 Å². The first kappa shape index (κ1) is 9.03. The molecule has 0 radical (unpaired) electrons. The van der Waals surface area contributed by atoms with E-state index in [2.05, 4.69) is 15.9 Å². The highest BCUT2D eigenvalue weighted by molar-refractivity contribution is 9.10. The van der Waals surface area contributed by atoms with Crippen LogP contribution in [0.2, 0.25) is 0 Å². The van der Waals surface area contributed by atoms with Crippen LogP contribution in [0.4, 0.5) is 0 Å². The number of hydrogen-bond acceptors (Lipinski definition) is 2. The van der Waals surface area contributed by atoms with E-state index >= 15 is 0 Å². The maximum absolute atomic E-state index is 5.63. The van der Waals surface area contributed by atoms with Crippen molar-refractivity contribution in [2.24, 2.45) is 5.73 Å². The molecule has 1 aliphatic rings. The predicted molar refractivity (Wildman–Crippen MR) is 55.7 cm³/mol. The second kappa shape index (κ2) is 3.68. The molecule has 0 aliphatic heterocycles. The third-order valence-electron chi connectivity index (χ3n) is 2.07. The van der Waals surface area contributed by atoms with Crippen molar-refractivity contribution >= 4 is 15.9 Å². The van der Waals surface area contributed by atoms with E-state index in [4.69, 9.17) is 10.5 Å². The predicted octanol–water partition coefficient (Wildman–Crippen LogP) is 2.45. The van der Waals surface area contributed by atoms with Gasteiger partial charge in [-0.2, -0.15) is 0 Å². The van der Waals surface area contributed by atoms with Gasteiger partial charge in [0.25, 0.3) is 0 Å². The molecular formula is C10H12BrNO. The molecule has 13 heavy (non-hydrogen) atoms. The molecule has 0 heterocycles. The van der Waals surface area contributed by atoms with Gasteiger partial charge in [-0.3, -0.25) is 0 Å². The summed E-state index contributed by atoms with van der Waals surface area (Å²) in [5.41, 5.74) is 6.66. The van der Waals surface area contributed by atoms with Gasteiger partial charge in [-0.25, -0.2) is 0 Å². The summed E-state index contributed by atoms with van der Waals surface area (Å²) in [4.78, 5) is 0. The fraction of sp³-hybridized carbons (Fsp3) is 0.400. The highest BCUT2D eigenvalue weighted by Gasteiger charge is 2.23. The van der Waals surface area contributed by atoms with Crippen molar-refractivity contribution in [2.45, 2.75) is 25.5 Å². The molecular weight excluding hydrogens is 230 g/mol. The van der Waals surface area contributed by atoms with E-state index in [1.54, 1.807) is 0 Å². The number of rotatable bonds is 3. The van der Waals surface area contributed by atoms with E-state index in [0.717, 1.165) is 15.8 Å². The maximum atomic E-state index is 5.63. The Labute approximate surface area is 86.2 Å². The molecule has 1 aromatic carbocycles. The number of benzene rings is 1. The fourth-order valence-corrected chi connectivity index (χ4v) is 1.66. The van der Waals surface area contributed by atoms with Gasteiger partial charge in [0.15, 0.2) is 0 Å². The summed E-state index contributed by atoms with van der Waals surface area (Å²) in [6.45, 7) is 0.560. The third kappa shape index (κ3) is 2.23. The zero-order chi connectivity index (χ0) is 9.26. The quantitative estimate of drug-likeness (QED) is 0.883. The number of halogens is 1. The Morgan fingerprint density at radius 2 is 2.23 bits per heavy atom. The average molecular weight is 242 g/mol. The number of hydrogen-bond donors (Lipinski definition) is 1. The maximum Gasteiger partial charge on any atom is 0.120 e. The van der Waals surface area contributed by atoms with Gasteiger partial charge in [0, 0.05) is 11.0 Å². The summed E-state index contributed by atoms with van der Waals surface area (Å²) >= 11 is 3.46. The van der Waals surface area contributed by atoms with Gasteiger partial charge in [0.2, 0.25) is 0 Å². The van der Waals surface area contributed by atoms with Crippen LogP contribution in [0.3, 0.4) is 0 Å². The minimum Gasteiger partial charge on any atom is -0.490 e. The van der Waals surface area contributed by atoms with Crippen LogP contribution >= 0.6 is 15.9 Å². The Bertz CT molecular complexity index is 310. The molecule has 2 nitrogen and oxygen atoms in total. The normalized spacial score (nSPS) is 15.8. The van der Waals surface area contributed by atoms with Gasteiger partial charge in [-0.15, -0.1) is 0 Å². The summed E-state index contributed by atoms with van der Waals surface area (Å²) in [5.74, 6) is 0.937. The molecule has 3 heteroatoms. The lowest BCUT2D eigenvalue weighted by Crippen LogP contribution is -1.99. The lowest BCUT2D eigenvalue weighted by molar-refractivity contribution is 0.303. The number of ether oxygens (including phenoxy) is 1. The Morgan fingerprint density at radius 1 is 1.46 bits per heavy atom. The largest absolute Gasteiger partial charge is 0.490 e. The molecule has 1 aliphatic carbocycles. The summed E-state index contributed by atoms with van der Waals surface area (Å²) in [6, 6.07) is 5.97. The van der Waals surface area contributed by atoms with Gasteiger partial charge in [-0.05, 0) is 30.5 Å². The molecule has 70 valence electrons. The molecule has 0 spiro atoms. The van der Waals surface area contributed by atoms with Crippen molar-refractivity contribution in [1.29, 1.82) is 0 Å².